The van der Waals surface area contributed by atoms with Crippen molar-refractivity contribution in [2.45, 2.75) is 83.0 Å². The Morgan fingerprint density at radius 1 is 1.13 bits per heavy atom. The predicted molar refractivity (Wildman–Crippen MR) is 150 cm³/mol. The average Bonchev–Trinajstić information content (AvgIpc) is 3.72. The van der Waals surface area contributed by atoms with Crippen LogP contribution in [-0.4, -0.2) is 59.1 Å². The summed E-state index contributed by atoms with van der Waals surface area (Å²) >= 11 is 6.44. The Balaban J connectivity index is 1.51. The molecule has 9 heteroatoms. The molecule has 0 saturated heterocycles. The van der Waals surface area contributed by atoms with Gasteiger partial charge in [0.1, 0.15) is 11.8 Å². The van der Waals surface area contributed by atoms with Gasteiger partial charge in [0.15, 0.2) is 5.78 Å². The van der Waals surface area contributed by atoms with E-state index in [9.17, 15) is 19.5 Å². The molecule has 1 aliphatic heterocycles. The van der Waals surface area contributed by atoms with Crippen LogP contribution in [0.4, 0.5) is 4.79 Å². The summed E-state index contributed by atoms with van der Waals surface area (Å²) in [5, 5.41) is 15.7. The van der Waals surface area contributed by atoms with Gasteiger partial charge in [-0.15, -0.1) is 0 Å². The number of ketones is 1. The molecule has 2 unspecified atom stereocenters. The van der Waals surface area contributed by atoms with Crippen LogP contribution >= 0.6 is 11.6 Å². The summed E-state index contributed by atoms with van der Waals surface area (Å²) in [5.74, 6) is 0.211. The van der Waals surface area contributed by atoms with Crippen LogP contribution in [-0.2, 0) is 11.3 Å². The molecule has 0 aromatic heterocycles. The molecule has 0 spiro atoms. The van der Waals surface area contributed by atoms with Gasteiger partial charge in [0.2, 0.25) is 5.91 Å². The number of halogens is 1. The largest absolute Gasteiger partial charge is 0.494 e. The van der Waals surface area contributed by atoms with Crippen molar-refractivity contribution < 1.29 is 24.2 Å². The highest BCUT2D eigenvalue weighted by atomic mass is 35.5. The van der Waals surface area contributed by atoms with Crippen molar-refractivity contribution in [3.63, 3.8) is 0 Å². The molecule has 0 radical (unpaired) electrons. The molecule has 1 heterocycles. The number of ether oxygens (including phenoxy) is 1. The number of carbonyl (C=O) groups excluding carboxylic acids is 3. The number of nitrogens with one attached hydrogen (secondary N) is 2. The molecule has 4 rings (SSSR count). The SMILES string of the molecule is CCOc1ccc(C(=O)CC2CCC[C@@H](C)N(C(=O)NC(CO)C(=O)NC3CC3)Cc3ccccc32)c(Cl)c1. The highest BCUT2D eigenvalue weighted by Gasteiger charge is 2.31. The van der Waals surface area contributed by atoms with E-state index in [1.807, 2.05) is 38.1 Å². The van der Waals surface area contributed by atoms with E-state index in [2.05, 4.69) is 10.6 Å². The Hall–Kier alpha value is -3.10. The van der Waals surface area contributed by atoms with E-state index in [0.29, 0.717) is 35.9 Å². The first-order valence-corrected chi connectivity index (χ1v) is 14.2. The monoisotopic (exact) mass is 555 g/mol. The predicted octanol–water partition coefficient (Wildman–Crippen LogP) is 4.82. The standard InChI is InChI=1S/C30H38ClN3O5/c1-3-39-23-13-14-25(26(31)16-23)28(36)15-20-9-6-7-19(2)34(17-21-8-4-5-10-24(20)21)30(38)33-27(18-35)29(37)32-22-11-12-22/h4-5,8,10,13-14,16,19-20,22,27,35H,3,6-7,9,11-12,15,17-18H2,1-2H3,(H,32,37)(H,33,38)/t19-,20?,27?/m1/s1. The van der Waals surface area contributed by atoms with E-state index in [-0.39, 0.29) is 29.7 Å². The molecule has 1 saturated carbocycles. The summed E-state index contributed by atoms with van der Waals surface area (Å²) in [6.07, 6.45) is 4.51. The third-order valence-corrected chi connectivity index (χ3v) is 7.82. The van der Waals surface area contributed by atoms with E-state index in [1.54, 1.807) is 23.1 Å². The van der Waals surface area contributed by atoms with Gasteiger partial charge in [0.05, 0.1) is 18.2 Å². The van der Waals surface area contributed by atoms with Crippen LogP contribution in [0.2, 0.25) is 5.02 Å². The number of hydrogen-bond donors (Lipinski definition) is 3. The molecule has 1 fully saturated rings. The summed E-state index contributed by atoms with van der Waals surface area (Å²) in [6, 6.07) is 11.7. The summed E-state index contributed by atoms with van der Waals surface area (Å²) < 4.78 is 5.50. The number of fused-ring (bicyclic) bond motifs is 1. The maximum Gasteiger partial charge on any atom is 0.318 e. The molecule has 210 valence electrons. The Labute approximate surface area is 235 Å². The number of rotatable bonds is 9. The van der Waals surface area contributed by atoms with Crippen molar-refractivity contribution in [3.05, 3.63) is 64.2 Å². The van der Waals surface area contributed by atoms with Gasteiger partial charge in [-0.05, 0) is 74.8 Å². The van der Waals surface area contributed by atoms with Gasteiger partial charge in [-0.3, -0.25) is 9.59 Å². The molecule has 0 bridgehead atoms. The number of amides is 3. The quantitative estimate of drug-likeness (QED) is 0.385. The molecule has 8 nitrogen and oxygen atoms in total. The van der Waals surface area contributed by atoms with Crippen molar-refractivity contribution >= 4 is 29.3 Å². The third-order valence-electron chi connectivity index (χ3n) is 7.51. The lowest BCUT2D eigenvalue weighted by atomic mass is 9.85. The fourth-order valence-corrected chi connectivity index (χ4v) is 5.41. The fraction of sp³-hybridized carbons (Fsp3) is 0.500. The van der Waals surface area contributed by atoms with Gasteiger partial charge in [0, 0.05) is 30.6 Å². The number of aliphatic hydroxyl groups is 1. The molecule has 39 heavy (non-hydrogen) atoms. The average molecular weight is 556 g/mol. The van der Waals surface area contributed by atoms with Gasteiger partial charge in [0.25, 0.3) is 0 Å². The summed E-state index contributed by atoms with van der Waals surface area (Å²) in [7, 11) is 0. The fourth-order valence-electron chi connectivity index (χ4n) is 5.14. The van der Waals surface area contributed by atoms with Gasteiger partial charge < -0.3 is 25.4 Å². The van der Waals surface area contributed by atoms with E-state index in [4.69, 9.17) is 16.3 Å². The number of hydrogen-bond acceptors (Lipinski definition) is 5. The lowest BCUT2D eigenvalue weighted by Gasteiger charge is -2.31. The highest BCUT2D eigenvalue weighted by molar-refractivity contribution is 6.34. The van der Waals surface area contributed by atoms with Crippen LogP contribution in [0.3, 0.4) is 0 Å². The zero-order chi connectivity index (χ0) is 27.9. The molecule has 1 aliphatic carbocycles. The number of Topliss-reactive ketones (excluding diaryl/α,β-unsaturated/α-hetero) is 1. The van der Waals surface area contributed by atoms with Crippen molar-refractivity contribution in [1.82, 2.24) is 15.5 Å². The Bertz CT molecular complexity index is 1180. The Kier molecular flexibility index (Phi) is 9.86. The maximum atomic E-state index is 13.4. The number of carbonyl (C=O) groups is 3. The van der Waals surface area contributed by atoms with Crippen molar-refractivity contribution in [2.75, 3.05) is 13.2 Å². The minimum absolute atomic E-state index is 0.0268. The van der Waals surface area contributed by atoms with Crippen LogP contribution < -0.4 is 15.4 Å². The Morgan fingerprint density at radius 2 is 1.90 bits per heavy atom. The first kappa shape index (κ1) is 28.9. The lowest BCUT2D eigenvalue weighted by molar-refractivity contribution is -0.124. The normalized spacial score (nSPS) is 20.1. The van der Waals surface area contributed by atoms with Crippen LogP contribution in [0.1, 0.15) is 79.8 Å². The zero-order valence-corrected chi connectivity index (χ0v) is 23.4. The first-order valence-electron chi connectivity index (χ1n) is 13.8. The second-order valence-electron chi connectivity index (χ2n) is 10.5. The van der Waals surface area contributed by atoms with Crippen molar-refractivity contribution in [3.8, 4) is 5.75 Å². The zero-order valence-electron chi connectivity index (χ0n) is 22.6. The van der Waals surface area contributed by atoms with Gasteiger partial charge >= 0.3 is 6.03 Å². The van der Waals surface area contributed by atoms with Crippen LogP contribution in [0.5, 0.6) is 5.75 Å². The molecule has 3 atom stereocenters. The molecule has 3 amide bonds. The van der Waals surface area contributed by atoms with Crippen LogP contribution in [0.15, 0.2) is 42.5 Å². The molecule has 3 N–H and O–H groups in total. The Morgan fingerprint density at radius 3 is 2.59 bits per heavy atom. The van der Waals surface area contributed by atoms with E-state index in [0.717, 1.165) is 43.2 Å². The summed E-state index contributed by atoms with van der Waals surface area (Å²) in [6.45, 7) is 4.27. The minimum Gasteiger partial charge on any atom is -0.494 e. The summed E-state index contributed by atoms with van der Waals surface area (Å²) in [5.41, 5.74) is 2.47. The van der Waals surface area contributed by atoms with E-state index < -0.39 is 18.7 Å². The third kappa shape index (κ3) is 7.51. The molecular weight excluding hydrogens is 518 g/mol. The smallest absolute Gasteiger partial charge is 0.318 e. The van der Waals surface area contributed by atoms with Crippen molar-refractivity contribution in [1.29, 1.82) is 0 Å². The number of aliphatic hydroxyl groups excluding tert-OH is 1. The van der Waals surface area contributed by atoms with E-state index in [1.165, 1.54) is 0 Å². The molecule has 2 aromatic carbocycles. The summed E-state index contributed by atoms with van der Waals surface area (Å²) in [4.78, 5) is 41.0. The number of urea groups is 1. The maximum absolute atomic E-state index is 13.4. The topological polar surface area (TPSA) is 108 Å². The van der Waals surface area contributed by atoms with Gasteiger partial charge in [-0.2, -0.15) is 0 Å². The van der Waals surface area contributed by atoms with Crippen LogP contribution in [0.25, 0.3) is 0 Å². The molecule has 2 aliphatic rings. The molecule has 2 aromatic rings. The second kappa shape index (κ2) is 13.3. The van der Waals surface area contributed by atoms with Gasteiger partial charge in [-0.25, -0.2) is 4.79 Å². The minimum atomic E-state index is -1.00. The second-order valence-corrected chi connectivity index (χ2v) is 10.9. The number of benzene rings is 2. The highest BCUT2D eigenvalue weighted by Crippen LogP contribution is 2.34. The molecular formula is C30H38ClN3O5. The number of nitrogens with zero attached hydrogens (tertiary/aromatic N) is 1. The van der Waals surface area contributed by atoms with Gasteiger partial charge in [-0.1, -0.05) is 42.3 Å². The van der Waals surface area contributed by atoms with Crippen molar-refractivity contribution in [2.24, 2.45) is 0 Å². The van der Waals surface area contributed by atoms with Crippen LogP contribution in [0, 0.1) is 0 Å². The lowest BCUT2D eigenvalue weighted by Crippen LogP contribution is -2.54. The first-order chi connectivity index (χ1) is 18.8. The van der Waals surface area contributed by atoms with E-state index >= 15 is 0 Å².